The summed E-state index contributed by atoms with van der Waals surface area (Å²) >= 11 is 0. The number of carbonyl (C=O) groups excluding carboxylic acids is 2. The van der Waals surface area contributed by atoms with Gasteiger partial charge in [0.05, 0.1) is 68.7 Å². The Labute approximate surface area is 337 Å². The molecule has 0 bridgehead atoms. The van der Waals surface area contributed by atoms with Gasteiger partial charge in [0.15, 0.2) is 17.1 Å². The first-order valence-electron chi connectivity index (χ1n) is 19.0. The number of benzene rings is 2. The molecule has 1 amide bonds. The molecule has 19 nitrogen and oxygen atoms in total. The number of fused-ring (bicyclic) bond motifs is 5. The number of likely N-dealkylation sites (N-methyl/N-ethyl adjacent to an activating group) is 1. The second-order valence-electron chi connectivity index (χ2n) is 14.1. The molecule has 0 fully saturated rings. The highest BCUT2D eigenvalue weighted by Crippen LogP contribution is 2.43. The first-order chi connectivity index (χ1) is 28.3. The van der Waals surface area contributed by atoms with E-state index < -0.39 is 39.4 Å². The molecule has 0 saturated heterocycles. The largest absolute Gasteiger partial charge is 0.504 e. The number of rotatable bonds is 18. The molecule has 2 aromatic heterocycles. The van der Waals surface area contributed by atoms with E-state index in [0.717, 1.165) is 40.6 Å². The van der Waals surface area contributed by atoms with Crippen molar-refractivity contribution in [3.05, 3.63) is 90.6 Å². The maximum absolute atomic E-state index is 13.7. The standard InChI is InChI=1S/C39H42N6O13S/c1-3-39(50)29-20-31-35-27(21-45(31)37(48)28(29)22-56-38(39)49)26-6-4-5-23-17-25(19-30(42-35)34(23)26)57-59(51,52)58-33-18-24(7-8-32(33)46)36(47)44(2)10-12-54-14-16-55-15-13-53-11-9-41-43-40/h7-8,17-20,46,50H,3-6,9-16,21-22H2,1-2H3/t39-/m1/s1. The van der Waals surface area contributed by atoms with Gasteiger partial charge in [-0.15, -0.1) is 8.42 Å². The number of pyridine rings is 2. The molecule has 0 unspecified atom stereocenters. The van der Waals surface area contributed by atoms with Crippen LogP contribution in [0, 0.1) is 0 Å². The number of aromatic hydroxyl groups is 1. The lowest BCUT2D eigenvalue weighted by atomic mass is 9.85. The zero-order valence-electron chi connectivity index (χ0n) is 32.3. The fraction of sp³-hybridized carbons (Fsp3) is 0.436. The molecule has 312 valence electrons. The highest BCUT2D eigenvalue weighted by Gasteiger charge is 2.45. The molecule has 2 aromatic carbocycles. The molecule has 7 rings (SSSR count). The Balaban J connectivity index is 1.03. The van der Waals surface area contributed by atoms with Crippen LogP contribution in [0.5, 0.6) is 17.2 Å². The normalized spacial score (nSPS) is 16.4. The van der Waals surface area contributed by atoms with Crippen molar-refractivity contribution in [2.75, 3.05) is 59.8 Å². The minimum Gasteiger partial charge on any atom is -0.504 e. The molecular formula is C39H42N6O13S. The lowest BCUT2D eigenvalue weighted by Crippen LogP contribution is -2.44. The maximum atomic E-state index is 13.7. The van der Waals surface area contributed by atoms with Crippen molar-refractivity contribution in [2.24, 2.45) is 5.11 Å². The number of phenolic OH excluding ortho intramolecular Hbond substituents is 1. The minimum absolute atomic E-state index is 0.00348. The molecule has 20 heteroatoms. The van der Waals surface area contributed by atoms with E-state index in [1.54, 1.807) is 23.6 Å². The van der Waals surface area contributed by atoms with Gasteiger partial charge < -0.3 is 47.0 Å². The Morgan fingerprint density at radius 1 is 1.02 bits per heavy atom. The number of carbonyl (C=O) groups is 2. The summed E-state index contributed by atoms with van der Waals surface area (Å²) in [5.41, 5.74) is 10.2. The summed E-state index contributed by atoms with van der Waals surface area (Å²) in [5, 5.41) is 26.0. The summed E-state index contributed by atoms with van der Waals surface area (Å²) in [6, 6.07) is 8.21. The third-order valence-corrected chi connectivity index (χ3v) is 11.3. The number of esters is 1. The monoisotopic (exact) mass is 834 g/mol. The molecule has 59 heavy (non-hydrogen) atoms. The Hall–Kier alpha value is -5.76. The van der Waals surface area contributed by atoms with Gasteiger partial charge in [-0.05, 0) is 72.7 Å². The minimum atomic E-state index is -4.88. The fourth-order valence-electron chi connectivity index (χ4n) is 7.52. The quantitative estimate of drug-likeness (QED) is 0.0422. The molecule has 4 aromatic rings. The van der Waals surface area contributed by atoms with Crippen LogP contribution in [-0.4, -0.2) is 105 Å². The molecule has 1 aliphatic carbocycles. The number of hydrogen-bond acceptors (Lipinski definition) is 15. The predicted octanol–water partition coefficient (Wildman–Crippen LogP) is 3.41. The topological polar surface area (TPSA) is 251 Å². The van der Waals surface area contributed by atoms with E-state index in [2.05, 4.69) is 10.0 Å². The number of ether oxygens (including phenoxy) is 4. The highest BCUT2D eigenvalue weighted by molar-refractivity contribution is 7.82. The predicted molar refractivity (Wildman–Crippen MR) is 208 cm³/mol. The Morgan fingerprint density at radius 3 is 2.51 bits per heavy atom. The van der Waals surface area contributed by atoms with Crippen LogP contribution in [0.3, 0.4) is 0 Å². The molecular weight excluding hydrogens is 793 g/mol. The van der Waals surface area contributed by atoms with Crippen molar-refractivity contribution in [1.29, 1.82) is 0 Å². The Bertz CT molecular complexity index is 2540. The zero-order valence-corrected chi connectivity index (χ0v) is 33.2. The van der Waals surface area contributed by atoms with E-state index in [4.69, 9.17) is 37.8 Å². The summed E-state index contributed by atoms with van der Waals surface area (Å²) in [6.07, 6.45) is 2.01. The second kappa shape index (κ2) is 17.2. The van der Waals surface area contributed by atoms with Crippen LogP contribution in [0.1, 0.15) is 57.9 Å². The number of aromatic nitrogens is 2. The van der Waals surface area contributed by atoms with E-state index in [9.17, 15) is 33.0 Å². The summed E-state index contributed by atoms with van der Waals surface area (Å²) in [4.78, 5) is 48.4. The van der Waals surface area contributed by atoms with E-state index in [1.807, 2.05) is 0 Å². The third kappa shape index (κ3) is 8.41. The number of phenols is 1. The second-order valence-corrected chi connectivity index (χ2v) is 15.3. The van der Waals surface area contributed by atoms with Crippen LogP contribution in [0.15, 0.2) is 46.3 Å². The maximum Gasteiger partial charge on any atom is 0.501 e. The number of hydrogen-bond donors (Lipinski definition) is 2. The Kier molecular flexibility index (Phi) is 12.1. The van der Waals surface area contributed by atoms with Gasteiger partial charge in [0.2, 0.25) is 0 Å². The SMILES string of the molecule is CC[C@]1(O)C(=O)OCc2c1cc1n(c2=O)Cc2c-1nc1cc(OS(=O)(=O)Oc3cc(C(=O)N(C)CCOCCOCCOCCN=[N+]=[N-])ccc3O)cc3c1c2CCC3. The van der Waals surface area contributed by atoms with Crippen LogP contribution < -0.4 is 13.9 Å². The van der Waals surface area contributed by atoms with Gasteiger partial charge in [-0.1, -0.05) is 12.0 Å². The molecule has 0 spiro atoms. The van der Waals surface area contributed by atoms with Crippen LogP contribution in [0.25, 0.3) is 32.7 Å². The van der Waals surface area contributed by atoms with Gasteiger partial charge in [-0.2, -0.15) is 0 Å². The lowest BCUT2D eigenvalue weighted by Gasteiger charge is -2.31. The van der Waals surface area contributed by atoms with Crippen molar-refractivity contribution in [1.82, 2.24) is 14.5 Å². The van der Waals surface area contributed by atoms with Gasteiger partial charge in [-0.3, -0.25) is 9.59 Å². The van der Waals surface area contributed by atoms with Gasteiger partial charge in [0, 0.05) is 53.2 Å². The van der Waals surface area contributed by atoms with E-state index in [0.29, 0.717) is 56.2 Å². The average molecular weight is 835 g/mol. The van der Waals surface area contributed by atoms with Crippen LogP contribution >= 0.6 is 0 Å². The number of cyclic esters (lactones) is 1. The average Bonchev–Trinajstić information content (AvgIpc) is 3.59. The molecule has 0 radical (unpaired) electrons. The highest BCUT2D eigenvalue weighted by atomic mass is 32.3. The van der Waals surface area contributed by atoms with Crippen molar-refractivity contribution < 1.29 is 55.5 Å². The third-order valence-electron chi connectivity index (χ3n) is 10.5. The zero-order chi connectivity index (χ0) is 41.9. The summed E-state index contributed by atoms with van der Waals surface area (Å²) in [6.45, 7) is 3.80. The molecule has 2 N–H and O–H groups in total. The molecule has 4 heterocycles. The van der Waals surface area contributed by atoms with Crippen molar-refractivity contribution in [3.63, 3.8) is 0 Å². The van der Waals surface area contributed by atoms with Gasteiger partial charge >= 0.3 is 16.4 Å². The number of aliphatic hydroxyl groups is 1. The van der Waals surface area contributed by atoms with E-state index >= 15 is 0 Å². The molecule has 0 saturated carbocycles. The van der Waals surface area contributed by atoms with Gasteiger partial charge in [-0.25, -0.2) is 9.78 Å². The van der Waals surface area contributed by atoms with E-state index in [1.165, 1.54) is 24.1 Å². The number of aryl methyl sites for hydroxylation is 2. The smallest absolute Gasteiger partial charge is 0.501 e. The number of nitrogens with zero attached hydrogens (tertiary/aromatic N) is 6. The van der Waals surface area contributed by atoms with Crippen molar-refractivity contribution in [3.8, 4) is 28.6 Å². The molecule has 2 aliphatic heterocycles. The van der Waals surface area contributed by atoms with Gasteiger partial charge in [0.1, 0.15) is 12.4 Å². The van der Waals surface area contributed by atoms with Crippen molar-refractivity contribution in [2.45, 2.75) is 51.4 Å². The lowest BCUT2D eigenvalue weighted by molar-refractivity contribution is -0.172. The van der Waals surface area contributed by atoms with Crippen LogP contribution in [-0.2, 0) is 65.7 Å². The summed E-state index contributed by atoms with van der Waals surface area (Å²) < 4.78 is 60.1. The molecule has 1 atom stereocenters. The van der Waals surface area contributed by atoms with Crippen LogP contribution in [0.4, 0.5) is 0 Å². The summed E-state index contributed by atoms with van der Waals surface area (Å²) in [7, 11) is -3.34. The molecule has 3 aliphatic rings. The van der Waals surface area contributed by atoms with E-state index in [-0.39, 0.29) is 73.9 Å². The first kappa shape index (κ1) is 41.4. The van der Waals surface area contributed by atoms with Crippen LogP contribution in [0.2, 0.25) is 0 Å². The number of amides is 1. The Morgan fingerprint density at radius 2 is 1.76 bits per heavy atom. The summed E-state index contributed by atoms with van der Waals surface area (Å²) in [5.74, 6) is -2.50. The fourth-order valence-corrected chi connectivity index (χ4v) is 8.24. The van der Waals surface area contributed by atoms with Gasteiger partial charge in [0.25, 0.3) is 11.5 Å². The van der Waals surface area contributed by atoms with Crippen molar-refractivity contribution >= 4 is 33.2 Å². The number of azide groups is 1. The first-order valence-corrected chi connectivity index (χ1v) is 20.3.